The molecule has 0 radical (unpaired) electrons. The van der Waals surface area contributed by atoms with Crippen LogP contribution in [0.25, 0.3) is 0 Å². The number of carbonyl (C=O) groups is 2. The van der Waals surface area contributed by atoms with Gasteiger partial charge in [-0.1, -0.05) is 0 Å². The summed E-state index contributed by atoms with van der Waals surface area (Å²) < 4.78 is 4.67. The van der Waals surface area contributed by atoms with E-state index in [0.29, 0.717) is 13.2 Å². The number of aliphatic hydroxyl groups is 1. The average molecular weight is 214 g/mol. The van der Waals surface area contributed by atoms with Crippen LogP contribution in [0.1, 0.15) is 0 Å². The fourth-order valence-corrected chi connectivity index (χ4v) is 1.82. The maximum absolute atomic E-state index is 11.6. The molecule has 2 rings (SSSR count). The number of carbonyl (C=O) groups excluding carboxylic acids is 2. The van der Waals surface area contributed by atoms with Crippen molar-refractivity contribution in [1.82, 2.24) is 9.80 Å². The predicted octanol–water partition coefficient (Wildman–Crippen LogP) is -1.11. The SMILES string of the molecule is O=C(CN1CC(CO)C1)N1CCOC1=O. The van der Waals surface area contributed by atoms with Gasteiger partial charge >= 0.3 is 6.09 Å². The molecule has 0 aromatic rings. The molecule has 15 heavy (non-hydrogen) atoms. The number of nitrogens with zero attached hydrogens (tertiary/aromatic N) is 2. The van der Waals surface area contributed by atoms with Crippen LogP contribution in [0.5, 0.6) is 0 Å². The lowest BCUT2D eigenvalue weighted by atomic mass is 10.0. The molecule has 2 saturated heterocycles. The van der Waals surface area contributed by atoms with Gasteiger partial charge in [0.2, 0.25) is 5.91 Å². The van der Waals surface area contributed by atoms with Crippen LogP contribution in [-0.4, -0.2) is 66.3 Å². The van der Waals surface area contributed by atoms with Crippen molar-refractivity contribution in [3.05, 3.63) is 0 Å². The van der Waals surface area contributed by atoms with Gasteiger partial charge in [0.25, 0.3) is 0 Å². The molecule has 0 saturated carbocycles. The first-order valence-corrected chi connectivity index (χ1v) is 5.01. The van der Waals surface area contributed by atoms with Gasteiger partial charge in [0.1, 0.15) is 6.61 Å². The lowest BCUT2D eigenvalue weighted by Crippen LogP contribution is -2.52. The number of hydrogen-bond acceptors (Lipinski definition) is 5. The van der Waals surface area contributed by atoms with E-state index in [1.54, 1.807) is 0 Å². The highest BCUT2D eigenvalue weighted by atomic mass is 16.6. The van der Waals surface area contributed by atoms with Gasteiger partial charge in [-0.3, -0.25) is 9.69 Å². The van der Waals surface area contributed by atoms with Gasteiger partial charge in [-0.15, -0.1) is 0 Å². The summed E-state index contributed by atoms with van der Waals surface area (Å²) in [6.07, 6.45) is -0.542. The molecule has 0 atom stereocenters. The van der Waals surface area contributed by atoms with Crippen molar-refractivity contribution in [2.24, 2.45) is 5.92 Å². The smallest absolute Gasteiger partial charge is 0.416 e. The molecule has 2 heterocycles. The molecule has 0 aromatic heterocycles. The fourth-order valence-electron chi connectivity index (χ4n) is 1.82. The van der Waals surface area contributed by atoms with Crippen molar-refractivity contribution >= 4 is 12.0 Å². The van der Waals surface area contributed by atoms with Gasteiger partial charge in [0.05, 0.1) is 13.1 Å². The van der Waals surface area contributed by atoms with E-state index in [0.717, 1.165) is 18.0 Å². The first-order valence-electron chi connectivity index (χ1n) is 5.01. The van der Waals surface area contributed by atoms with Crippen LogP contribution in [0.3, 0.4) is 0 Å². The van der Waals surface area contributed by atoms with Crippen LogP contribution >= 0.6 is 0 Å². The summed E-state index contributed by atoms with van der Waals surface area (Å²) in [5.74, 6) is 0.0669. The normalized spacial score (nSPS) is 22.7. The van der Waals surface area contributed by atoms with Crippen LogP contribution < -0.4 is 0 Å². The van der Waals surface area contributed by atoms with Crippen LogP contribution in [0.2, 0.25) is 0 Å². The Morgan fingerprint density at radius 2 is 2.27 bits per heavy atom. The third-order valence-electron chi connectivity index (χ3n) is 2.71. The lowest BCUT2D eigenvalue weighted by Gasteiger charge is -2.37. The summed E-state index contributed by atoms with van der Waals surface area (Å²) >= 11 is 0. The predicted molar refractivity (Wildman–Crippen MR) is 50.1 cm³/mol. The van der Waals surface area contributed by atoms with Gasteiger partial charge in [-0.2, -0.15) is 0 Å². The third kappa shape index (κ3) is 2.10. The Morgan fingerprint density at radius 1 is 1.53 bits per heavy atom. The molecular weight excluding hydrogens is 200 g/mol. The Hall–Kier alpha value is -1.14. The monoisotopic (exact) mass is 214 g/mol. The Labute approximate surface area is 87.4 Å². The molecule has 2 aliphatic heterocycles. The molecular formula is C9H14N2O4. The molecule has 1 N–H and O–H groups in total. The molecule has 0 unspecified atom stereocenters. The lowest BCUT2D eigenvalue weighted by molar-refractivity contribution is -0.130. The van der Waals surface area contributed by atoms with Crippen molar-refractivity contribution in [3.63, 3.8) is 0 Å². The summed E-state index contributed by atoms with van der Waals surface area (Å²) in [5, 5.41) is 8.80. The number of aliphatic hydroxyl groups excluding tert-OH is 1. The van der Waals surface area contributed by atoms with E-state index in [2.05, 4.69) is 4.74 Å². The molecule has 0 spiro atoms. The summed E-state index contributed by atoms with van der Waals surface area (Å²) in [7, 11) is 0. The van der Waals surface area contributed by atoms with E-state index >= 15 is 0 Å². The van der Waals surface area contributed by atoms with Crippen LogP contribution in [0.4, 0.5) is 4.79 Å². The van der Waals surface area contributed by atoms with Crippen LogP contribution in [0, 0.1) is 5.92 Å². The fraction of sp³-hybridized carbons (Fsp3) is 0.778. The van der Waals surface area contributed by atoms with E-state index in [1.807, 2.05) is 4.90 Å². The first-order chi connectivity index (χ1) is 7.20. The van der Waals surface area contributed by atoms with Crippen molar-refractivity contribution < 1.29 is 19.4 Å². The summed E-state index contributed by atoms with van der Waals surface area (Å²) in [4.78, 5) is 25.7. The standard InChI is InChI=1S/C9H14N2O4/c12-6-7-3-10(4-7)5-8(13)11-1-2-15-9(11)14/h7,12H,1-6H2. The maximum Gasteiger partial charge on any atom is 0.416 e. The number of imide groups is 1. The molecule has 0 aliphatic carbocycles. The molecule has 84 valence electrons. The van der Waals surface area contributed by atoms with Crippen molar-refractivity contribution in [2.75, 3.05) is 39.4 Å². The minimum atomic E-state index is -0.542. The van der Waals surface area contributed by atoms with E-state index in [-0.39, 0.29) is 25.0 Å². The summed E-state index contributed by atoms with van der Waals surface area (Å²) in [6.45, 7) is 2.51. The highest BCUT2D eigenvalue weighted by Crippen LogP contribution is 2.15. The molecule has 6 nitrogen and oxygen atoms in total. The number of rotatable bonds is 3. The highest BCUT2D eigenvalue weighted by molar-refractivity contribution is 5.94. The van der Waals surface area contributed by atoms with E-state index in [1.165, 1.54) is 0 Å². The maximum atomic E-state index is 11.6. The summed E-state index contributed by atoms with van der Waals surface area (Å²) in [5.41, 5.74) is 0. The topological polar surface area (TPSA) is 70.1 Å². The zero-order valence-electron chi connectivity index (χ0n) is 8.39. The number of ether oxygens (including phenoxy) is 1. The van der Waals surface area contributed by atoms with Crippen molar-refractivity contribution in [1.29, 1.82) is 0 Å². The molecule has 2 aliphatic rings. The Morgan fingerprint density at radius 3 is 2.80 bits per heavy atom. The van der Waals surface area contributed by atoms with E-state index in [9.17, 15) is 9.59 Å². The highest BCUT2D eigenvalue weighted by Gasteiger charge is 2.33. The second kappa shape index (κ2) is 4.16. The van der Waals surface area contributed by atoms with E-state index < -0.39 is 6.09 Å². The van der Waals surface area contributed by atoms with Gasteiger partial charge in [-0.05, 0) is 0 Å². The Bertz CT molecular complexity index is 275. The van der Waals surface area contributed by atoms with Gasteiger partial charge in [0.15, 0.2) is 0 Å². The Balaban J connectivity index is 1.76. The third-order valence-corrected chi connectivity index (χ3v) is 2.71. The van der Waals surface area contributed by atoms with Gasteiger partial charge in [-0.25, -0.2) is 9.69 Å². The zero-order valence-corrected chi connectivity index (χ0v) is 8.39. The largest absolute Gasteiger partial charge is 0.447 e. The van der Waals surface area contributed by atoms with Crippen molar-refractivity contribution in [3.8, 4) is 0 Å². The minimum Gasteiger partial charge on any atom is -0.447 e. The second-order valence-corrected chi connectivity index (χ2v) is 3.90. The number of amides is 2. The number of likely N-dealkylation sites (tertiary alicyclic amines) is 1. The quantitative estimate of drug-likeness (QED) is 0.645. The van der Waals surface area contributed by atoms with Crippen LogP contribution in [-0.2, 0) is 9.53 Å². The second-order valence-electron chi connectivity index (χ2n) is 3.90. The van der Waals surface area contributed by atoms with Gasteiger partial charge in [0, 0.05) is 25.6 Å². The van der Waals surface area contributed by atoms with Crippen molar-refractivity contribution in [2.45, 2.75) is 0 Å². The number of cyclic esters (lactones) is 1. The first kappa shape index (κ1) is 10.4. The average Bonchev–Trinajstić information content (AvgIpc) is 2.56. The van der Waals surface area contributed by atoms with Gasteiger partial charge < -0.3 is 9.84 Å². The molecule has 0 bridgehead atoms. The minimum absolute atomic E-state index is 0.163. The zero-order chi connectivity index (χ0) is 10.8. The molecule has 2 amide bonds. The van der Waals surface area contributed by atoms with E-state index in [4.69, 9.17) is 5.11 Å². The summed E-state index contributed by atoms with van der Waals surface area (Å²) in [6, 6.07) is 0. The van der Waals surface area contributed by atoms with Crippen LogP contribution in [0.15, 0.2) is 0 Å². The molecule has 2 fully saturated rings. The Kier molecular flexibility index (Phi) is 2.88. The molecule has 6 heteroatoms. The number of hydrogen-bond donors (Lipinski definition) is 1. The molecule has 0 aromatic carbocycles.